The first kappa shape index (κ1) is 16.4. The molecule has 2 unspecified atom stereocenters. The smallest absolute Gasteiger partial charge is 0.367 e. The zero-order chi connectivity index (χ0) is 15.6. The van der Waals surface area contributed by atoms with Crippen LogP contribution in [0.15, 0.2) is 18.2 Å². The molecule has 1 aliphatic heterocycles. The largest absolute Gasteiger partial charge is 0.416 e. The Kier molecular flexibility index (Phi) is 5.04. The molecule has 0 spiro atoms. The summed E-state index contributed by atoms with van der Waals surface area (Å²) in [7, 11) is 0. The molecule has 21 heavy (non-hydrogen) atoms. The minimum atomic E-state index is -4.36. The second-order valence-electron chi connectivity index (χ2n) is 5.56. The van der Waals surface area contributed by atoms with Crippen LogP contribution in [0, 0.1) is 5.92 Å². The number of rotatable bonds is 3. The van der Waals surface area contributed by atoms with Gasteiger partial charge in [0.05, 0.1) is 16.3 Å². The summed E-state index contributed by atoms with van der Waals surface area (Å²) < 4.78 is 38.0. The highest BCUT2D eigenvalue weighted by atomic mass is 35.5. The highest BCUT2D eigenvalue weighted by Gasteiger charge is 2.32. The van der Waals surface area contributed by atoms with Gasteiger partial charge < -0.3 is 10.2 Å². The molecule has 1 N–H and O–H groups in total. The zero-order valence-electron chi connectivity index (χ0n) is 12.2. The monoisotopic (exact) mass is 320 g/mol. The summed E-state index contributed by atoms with van der Waals surface area (Å²) >= 11 is 6.07. The maximum atomic E-state index is 12.7. The van der Waals surface area contributed by atoms with Crippen molar-refractivity contribution in [2.45, 2.75) is 32.5 Å². The van der Waals surface area contributed by atoms with Crippen molar-refractivity contribution in [3.05, 3.63) is 28.8 Å². The minimum Gasteiger partial charge on any atom is -0.367 e. The molecule has 1 aromatic carbocycles. The second-order valence-corrected chi connectivity index (χ2v) is 5.96. The van der Waals surface area contributed by atoms with E-state index < -0.39 is 11.7 Å². The van der Waals surface area contributed by atoms with E-state index in [1.54, 1.807) is 0 Å². The van der Waals surface area contributed by atoms with Gasteiger partial charge in [0.15, 0.2) is 0 Å². The maximum absolute atomic E-state index is 12.7. The number of halogens is 4. The molecule has 0 amide bonds. The normalized spacial score (nSPS) is 21.4. The first-order valence-corrected chi connectivity index (χ1v) is 7.55. The lowest BCUT2D eigenvalue weighted by atomic mass is 9.97. The van der Waals surface area contributed by atoms with Crippen molar-refractivity contribution in [1.29, 1.82) is 0 Å². The van der Waals surface area contributed by atoms with Crippen LogP contribution in [0.5, 0.6) is 0 Å². The van der Waals surface area contributed by atoms with Crippen molar-refractivity contribution in [1.82, 2.24) is 5.32 Å². The van der Waals surface area contributed by atoms with E-state index in [0.717, 1.165) is 38.2 Å². The Morgan fingerprint density at radius 3 is 2.71 bits per heavy atom. The van der Waals surface area contributed by atoms with Crippen LogP contribution in [0.3, 0.4) is 0 Å². The molecule has 1 aromatic rings. The van der Waals surface area contributed by atoms with Gasteiger partial charge in [0.2, 0.25) is 0 Å². The SMILES string of the molecule is CCC(C)C1CN(c2ccc(C(F)(F)F)cc2Cl)CCN1. The molecule has 6 heteroatoms. The molecule has 0 aromatic heterocycles. The van der Waals surface area contributed by atoms with E-state index in [1.165, 1.54) is 6.07 Å². The fourth-order valence-corrected chi connectivity index (χ4v) is 2.90. The Labute approximate surface area is 128 Å². The van der Waals surface area contributed by atoms with Gasteiger partial charge >= 0.3 is 6.18 Å². The highest BCUT2D eigenvalue weighted by Crippen LogP contribution is 2.35. The summed E-state index contributed by atoms with van der Waals surface area (Å²) in [6.07, 6.45) is -3.29. The van der Waals surface area contributed by atoms with Gasteiger partial charge in [-0.2, -0.15) is 13.2 Å². The van der Waals surface area contributed by atoms with Gasteiger partial charge in [0.1, 0.15) is 0 Å². The van der Waals surface area contributed by atoms with Crippen molar-refractivity contribution in [2.24, 2.45) is 5.92 Å². The minimum absolute atomic E-state index is 0.162. The van der Waals surface area contributed by atoms with Crippen LogP contribution >= 0.6 is 11.6 Å². The number of hydrogen-bond donors (Lipinski definition) is 1. The number of hydrogen-bond acceptors (Lipinski definition) is 2. The average Bonchev–Trinajstić information content (AvgIpc) is 2.45. The van der Waals surface area contributed by atoms with Crippen LogP contribution in [-0.4, -0.2) is 25.7 Å². The predicted octanol–water partition coefficient (Wildman–Crippen LogP) is 4.18. The lowest BCUT2D eigenvalue weighted by Gasteiger charge is -2.38. The third kappa shape index (κ3) is 3.83. The van der Waals surface area contributed by atoms with Crippen molar-refractivity contribution in [3.63, 3.8) is 0 Å². The van der Waals surface area contributed by atoms with E-state index in [9.17, 15) is 13.2 Å². The first-order chi connectivity index (χ1) is 9.82. The molecular weight excluding hydrogens is 301 g/mol. The van der Waals surface area contributed by atoms with Crippen molar-refractivity contribution in [2.75, 3.05) is 24.5 Å². The molecule has 0 radical (unpaired) electrons. The van der Waals surface area contributed by atoms with Crippen molar-refractivity contribution < 1.29 is 13.2 Å². The maximum Gasteiger partial charge on any atom is 0.416 e. The molecule has 2 atom stereocenters. The Balaban J connectivity index is 2.18. The molecule has 1 aliphatic rings. The van der Waals surface area contributed by atoms with Gasteiger partial charge in [-0.1, -0.05) is 31.9 Å². The van der Waals surface area contributed by atoms with Crippen LogP contribution in [0.1, 0.15) is 25.8 Å². The van der Waals surface area contributed by atoms with Gasteiger partial charge in [-0.25, -0.2) is 0 Å². The molecule has 1 fully saturated rings. The van der Waals surface area contributed by atoms with E-state index in [4.69, 9.17) is 11.6 Å². The molecule has 0 aliphatic carbocycles. The molecule has 2 rings (SSSR count). The topological polar surface area (TPSA) is 15.3 Å². The van der Waals surface area contributed by atoms with E-state index in [-0.39, 0.29) is 5.02 Å². The predicted molar refractivity (Wildman–Crippen MR) is 79.9 cm³/mol. The quantitative estimate of drug-likeness (QED) is 0.898. The Bertz CT molecular complexity index is 490. The van der Waals surface area contributed by atoms with Gasteiger partial charge in [0, 0.05) is 25.7 Å². The van der Waals surface area contributed by atoms with E-state index in [0.29, 0.717) is 17.6 Å². The van der Waals surface area contributed by atoms with E-state index >= 15 is 0 Å². The van der Waals surface area contributed by atoms with Crippen molar-refractivity contribution in [3.8, 4) is 0 Å². The van der Waals surface area contributed by atoms with Gasteiger partial charge in [-0.3, -0.25) is 0 Å². The molecule has 0 saturated carbocycles. The van der Waals surface area contributed by atoms with Crippen molar-refractivity contribution >= 4 is 17.3 Å². The van der Waals surface area contributed by atoms with E-state index in [1.807, 2.05) is 0 Å². The van der Waals surface area contributed by atoms with E-state index in [2.05, 4.69) is 24.1 Å². The summed E-state index contributed by atoms with van der Waals surface area (Å²) in [6, 6.07) is 3.92. The standard InChI is InChI=1S/C15H20ClF3N2/c1-3-10(2)13-9-21(7-6-20-13)14-5-4-11(8-12(14)16)15(17,18)19/h4-5,8,10,13,20H,3,6-7,9H2,1-2H3. The molecule has 118 valence electrons. The average molecular weight is 321 g/mol. The number of nitrogens with zero attached hydrogens (tertiary/aromatic N) is 1. The number of nitrogens with one attached hydrogen (secondary N) is 1. The lowest BCUT2D eigenvalue weighted by molar-refractivity contribution is -0.137. The fraction of sp³-hybridized carbons (Fsp3) is 0.600. The number of anilines is 1. The summed E-state index contributed by atoms with van der Waals surface area (Å²) in [6.45, 7) is 6.64. The number of piperazine rings is 1. The Morgan fingerprint density at radius 1 is 1.43 bits per heavy atom. The third-order valence-corrected chi connectivity index (χ3v) is 4.45. The van der Waals surface area contributed by atoms with Gasteiger partial charge in [-0.05, 0) is 24.1 Å². The fourth-order valence-electron chi connectivity index (χ4n) is 2.60. The van der Waals surface area contributed by atoms with Gasteiger partial charge in [0.25, 0.3) is 0 Å². The second kappa shape index (κ2) is 6.44. The zero-order valence-corrected chi connectivity index (χ0v) is 12.9. The first-order valence-electron chi connectivity index (χ1n) is 7.18. The van der Waals surface area contributed by atoms with Crippen LogP contribution in [0.25, 0.3) is 0 Å². The number of alkyl halides is 3. The third-order valence-electron chi connectivity index (χ3n) is 4.15. The van der Waals surface area contributed by atoms with Crippen LogP contribution in [0.2, 0.25) is 5.02 Å². The summed E-state index contributed by atoms with van der Waals surface area (Å²) in [5, 5.41) is 3.62. The Morgan fingerprint density at radius 2 is 2.14 bits per heavy atom. The van der Waals surface area contributed by atoms with Crippen LogP contribution in [0.4, 0.5) is 18.9 Å². The van der Waals surface area contributed by atoms with Crippen LogP contribution in [-0.2, 0) is 6.18 Å². The van der Waals surface area contributed by atoms with Crippen LogP contribution < -0.4 is 10.2 Å². The summed E-state index contributed by atoms with van der Waals surface area (Å²) in [5.74, 6) is 0.515. The number of benzene rings is 1. The molecular formula is C15H20ClF3N2. The van der Waals surface area contributed by atoms with Gasteiger partial charge in [-0.15, -0.1) is 0 Å². The summed E-state index contributed by atoms with van der Waals surface area (Å²) in [5.41, 5.74) is -0.0238. The molecule has 1 heterocycles. The summed E-state index contributed by atoms with van der Waals surface area (Å²) in [4.78, 5) is 2.07. The molecule has 1 saturated heterocycles. The highest BCUT2D eigenvalue weighted by molar-refractivity contribution is 6.33. The molecule has 0 bridgehead atoms. The Hall–Kier alpha value is -0.940. The lowest BCUT2D eigenvalue weighted by Crippen LogP contribution is -2.53. The molecule has 2 nitrogen and oxygen atoms in total.